The van der Waals surface area contributed by atoms with Crippen LogP contribution < -0.4 is 5.32 Å². The molecule has 0 spiro atoms. The molecule has 0 saturated carbocycles. The lowest BCUT2D eigenvalue weighted by Gasteiger charge is -2.26. The van der Waals surface area contributed by atoms with Crippen LogP contribution in [0.5, 0.6) is 0 Å². The summed E-state index contributed by atoms with van der Waals surface area (Å²) < 4.78 is 95.3. The number of halogens is 6. The van der Waals surface area contributed by atoms with E-state index in [1.165, 1.54) is 11.8 Å². The number of alkyl halides is 3. The number of rotatable bonds is 2. The summed E-state index contributed by atoms with van der Waals surface area (Å²) in [6, 6.07) is 3.02. The van der Waals surface area contributed by atoms with Gasteiger partial charge >= 0.3 is 12.2 Å². The maximum atomic E-state index is 14.8. The number of aliphatic imine (C=N–C) groups is 1. The van der Waals surface area contributed by atoms with E-state index >= 15 is 0 Å². The van der Waals surface area contributed by atoms with Crippen molar-refractivity contribution in [2.75, 3.05) is 29.9 Å². The van der Waals surface area contributed by atoms with Gasteiger partial charge < -0.3 is 4.90 Å². The highest BCUT2D eigenvalue weighted by atomic mass is 35.5. The van der Waals surface area contributed by atoms with E-state index < -0.39 is 67.1 Å². The van der Waals surface area contributed by atoms with Crippen LogP contribution in [0.25, 0.3) is 5.69 Å². The van der Waals surface area contributed by atoms with Gasteiger partial charge in [-0.05, 0) is 31.2 Å². The van der Waals surface area contributed by atoms with Gasteiger partial charge in [0.2, 0.25) is 0 Å². The molecule has 9 nitrogen and oxygen atoms in total. The predicted octanol–water partition coefficient (Wildman–Crippen LogP) is 4.39. The molecule has 2 aliphatic heterocycles. The van der Waals surface area contributed by atoms with E-state index in [9.17, 15) is 35.2 Å². The molecule has 16 heteroatoms. The van der Waals surface area contributed by atoms with Gasteiger partial charge in [-0.15, -0.1) is 5.10 Å². The summed E-state index contributed by atoms with van der Waals surface area (Å²) in [5, 5.41) is 5.80. The van der Waals surface area contributed by atoms with E-state index in [1.54, 1.807) is 0 Å². The van der Waals surface area contributed by atoms with Crippen LogP contribution >= 0.6 is 11.6 Å². The minimum Gasteiger partial charge on any atom is -0.322 e. The first-order chi connectivity index (χ1) is 18.3. The summed E-state index contributed by atoms with van der Waals surface area (Å²) in [7, 11) is -3.24. The van der Waals surface area contributed by atoms with Crippen molar-refractivity contribution in [1.82, 2.24) is 19.7 Å². The number of hydrogen-bond acceptors (Lipinski definition) is 6. The molecule has 1 saturated heterocycles. The second kappa shape index (κ2) is 9.55. The Bertz CT molecular complexity index is 1610. The van der Waals surface area contributed by atoms with Crippen molar-refractivity contribution in [3.05, 3.63) is 69.5 Å². The number of aromatic nitrogens is 3. The Hall–Kier alpha value is -3.59. The lowest BCUT2D eigenvalue weighted by atomic mass is 9.97. The van der Waals surface area contributed by atoms with E-state index in [-0.39, 0.29) is 42.1 Å². The molecule has 39 heavy (non-hydrogen) atoms. The summed E-state index contributed by atoms with van der Waals surface area (Å²) in [4.78, 5) is 22.5. The molecule has 2 amide bonds. The van der Waals surface area contributed by atoms with Crippen molar-refractivity contribution in [3.63, 3.8) is 0 Å². The Morgan fingerprint density at radius 2 is 1.72 bits per heavy atom. The van der Waals surface area contributed by atoms with Gasteiger partial charge in [0.1, 0.15) is 17.7 Å². The van der Waals surface area contributed by atoms with Gasteiger partial charge in [-0.2, -0.15) is 18.2 Å². The third-order valence-electron chi connectivity index (χ3n) is 6.27. The fourth-order valence-corrected chi connectivity index (χ4v) is 5.89. The Balaban J connectivity index is 1.63. The minimum absolute atomic E-state index is 0.0374. The van der Waals surface area contributed by atoms with Crippen molar-refractivity contribution in [2.24, 2.45) is 4.99 Å². The Kier molecular flexibility index (Phi) is 6.61. The molecule has 206 valence electrons. The molecule has 1 fully saturated rings. The second-order valence-electron chi connectivity index (χ2n) is 8.84. The number of carbonyl (C=O) groups excluding carboxylic acids is 1. The van der Waals surface area contributed by atoms with E-state index in [0.29, 0.717) is 6.07 Å². The number of nitrogens with one attached hydrogen (secondary N) is 1. The van der Waals surface area contributed by atoms with E-state index in [1.807, 2.05) is 0 Å². The normalized spacial score (nSPS) is 18.6. The van der Waals surface area contributed by atoms with Crippen LogP contribution in [0.3, 0.4) is 0 Å². The molecule has 2 aromatic carbocycles. The molecular weight excluding hydrogens is 571 g/mol. The summed E-state index contributed by atoms with van der Waals surface area (Å²) in [6.07, 6.45) is -4.89. The molecule has 0 bridgehead atoms. The van der Waals surface area contributed by atoms with Crippen LogP contribution in [0.15, 0.2) is 35.3 Å². The summed E-state index contributed by atoms with van der Waals surface area (Å²) >= 11 is 6.23. The second-order valence-corrected chi connectivity index (χ2v) is 11.5. The fourth-order valence-electron chi connectivity index (χ4n) is 4.33. The van der Waals surface area contributed by atoms with Gasteiger partial charge in [0.25, 0.3) is 5.95 Å². The molecule has 5 rings (SSSR count). The van der Waals surface area contributed by atoms with Crippen molar-refractivity contribution < 1.29 is 35.2 Å². The first kappa shape index (κ1) is 27.0. The van der Waals surface area contributed by atoms with E-state index in [2.05, 4.69) is 20.4 Å². The van der Waals surface area contributed by atoms with Crippen molar-refractivity contribution in [1.29, 1.82) is 0 Å². The lowest BCUT2D eigenvalue weighted by molar-refractivity contribution is -0.137. The number of nitrogens with zero attached hydrogens (tertiary/aromatic N) is 5. The zero-order valence-corrected chi connectivity index (χ0v) is 21.5. The zero-order chi connectivity index (χ0) is 28.3. The fraction of sp³-hybridized carbons (Fsp3) is 0.304. The molecule has 3 heterocycles. The third-order valence-corrected chi connectivity index (χ3v) is 8.27. The molecule has 1 aromatic heterocycles. The van der Waals surface area contributed by atoms with Gasteiger partial charge in [-0.1, -0.05) is 17.7 Å². The zero-order valence-electron chi connectivity index (χ0n) is 19.9. The minimum atomic E-state index is -4.89. The van der Waals surface area contributed by atoms with Crippen LogP contribution in [0.2, 0.25) is 5.02 Å². The average molecular weight is 589 g/mol. The molecule has 0 aliphatic carbocycles. The standard InChI is InChI=1S/C23H18ClF5N6O3S/c1-11-20-31-21(32-22(36)34-7-9-39(37,38)10-8-34)33-35(20)15-6-5-12(23(27,28)29)18(24)17(15)19(30-11)16-13(25)3-2-4-14(16)26/h2-6,11H,7-10H2,1H3,(H,32,33,36)/t11-/m0/s1. The summed E-state index contributed by atoms with van der Waals surface area (Å²) in [6.45, 7) is 1.39. The molecule has 1 atom stereocenters. The summed E-state index contributed by atoms with van der Waals surface area (Å²) in [5.74, 6) is -2.75. The molecular formula is C23H18ClF5N6O3S. The molecule has 2 aliphatic rings. The smallest absolute Gasteiger partial charge is 0.322 e. The quantitative estimate of drug-likeness (QED) is 0.447. The number of fused-ring (bicyclic) bond motifs is 3. The molecule has 0 radical (unpaired) electrons. The van der Waals surface area contributed by atoms with Gasteiger partial charge in [-0.25, -0.2) is 26.7 Å². The predicted molar refractivity (Wildman–Crippen MR) is 131 cm³/mol. The maximum absolute atomic E-state index is 14.8. The highest BCUT2D eigenvalue weighted by Gasteiger charge is 2.38. The first-order valence-corrected chi connectivity index (χ1v) is 13.6. The number of benzene rings is 2. The Morgan fingerprint density at radius 3 is 2.33 bits per heavy atom. The Morgan fingerprint density at radius 1 is 1.08 bits per heavy atom. The van der Waals surface area contributed by atoms with Crippen LogP contribution in [0.4, 0.5) is 32.7 Å². The molecule has 0 unspecified atom stereocenters. The molecule has 3 aromatic rings. The van der Waals surface area contributed by atoms with E-state index in [4.69, 9.17) is 11.6 Å². The van der Waals surface area contributed by atoms with Crippen LogP contribution in [0, 0.1) is 11.6 Å². The first-order valence-electron chi connectivity index (χ1n) is 11.4. The van der Waals surface area contributed by atoms with Crippen molar-refractivity contribution in [2.45, 2.75) is 19.1 Å². The van der Waals surface area contributed by atoms with Gasteiger partial charge in [0, 0.05) is 18.7 Å². The average Bonchev–Trinajstić information content (AvgIpc) is 3.21. The van der Waals surface area contributed by atoms with Crippen LogP contribution in [-0.4, -0.2) is 64.4 Å². The van der Waals surface area contributed by atoms with Crippen LogP contribution in [0.1, 0.15) is 35.5 Å². The number of amides is 2. The van der Waals surface area contributed by atoms with E-state index in [0.717, 1.165) is 28.9 Å². The number of sulfone groups is 1. The third kappa shape index (κ3) is 4.95. The van der Waals surface area contributed by atoms with Crippen molar-refractivity contribution >= 4 is 39.1 Å². The van der Waals surface area contributed by atoms with Gasteiger partial charge in [0.05, 0.1) is 39.1 Å². The number of carbonyl (C=O) groups is 1. The number of urea groups is 1. The lowest BCUT2D eigenvalue weighted by Crippen LogP contribution is -2.45. The highest BCUT2D eigenvalue weighted by Crippen LogP contribution is 2.42. The van der Waals surface area contributed by atoms with Gasteiger partial charge in [-0.3, -0.25) is 10.3 Å². The SMILES string of the molecule is C[C@@H]1N=C(c2c(F)cccc2F)c2c(ccc(C(F)(F)F)c2Cl)-n2nc(NC(=O)N3CCS(=O)(=O)CC3)nc21. The highest BCUT2D eigenvalue weighted by molar-refractivity contribution is 7.91. The monoisotopic (exact) mass is 588 g/mol. The van der Waals surface area contributed by atoms with Crippen LogP contribution in [-0.2, 0) is 16.0 Å². The Labute approximate surface area is 223 Å². The maximum Gasteiger partial charge on any atom is 0.417 e. The summed E-state index contributed by atoms with van der Waals surface area (Å²) in [5.41, 5.74) is -2.92. The van der Waals surface area contributed by atoms with Crippen molar-refractivity contribution in [3.8, 4) is 5.69 Å². The largest absolute Gasteiger partial charge is 0.417 e. The number of hydrogen-bond donors (Lipinski definition) is 1. The number of anilines is 1. The molecule has 1 N–H and O–H groups in total. The topological polar surface area (TPSA) is 110 Å². The van der Waals surface area contributed by atoms with Gasteiger partial charge in [0.15, 0.2) is 15.7 Å².